The van der Waals surface area contributed by atoms with Gasteiger partial charge in [-0.15, -0.1) is 24.8 Å². The number of nitrogens with zero attached hydrogens (tertiary/aromatic N) is 1. The second-order valence-corrected chi connectivity index (χ2v) is 2.28. The molecule has 0 saturated carbocycles. The third kappa shape index (κ3) is 2.44. The summed E-state index contributed by atoms with van der Waals surface area (Å²) in [5, 5.41) is 0. The van der Waals surface area contributed by atoms with Crippen LogP contribution in [0.2, 0.25) is 0 Å². The van der Waals surface area contributed by atoms with Crippen molar-refractivity contribution in [3.8, 4) is 0 Å². The van der Waals surface area contributed by atoms with Crippen LogP contribution in [0.15, 0.2) is 0 Å². The molecule has 0 aromatic rings. The molecule has 1 aliphatic heterocycles. The van der Waals surface area contributed by atoms with Gasteiger partial charge in [0.1, 0.15) is 0 Å². The van der Waals surface area contributed by atoms with Gasteiger partial charge in [0, 0.05) is 12.8 Å². The molecule has 1 heterocycles. The van der Waals surface area contributed by atoms with Crippen LogP contribution in [0.25, 0.3) is 0 Å². The number of halogens is 3. The number of rotatable bonds is 0. The Morgan fingerprint density at radius 1 is 1.10 bits per heavy atom. The number of hydrogen-bond donors (Lipinski definition) is 0. The van der Waals surface area contributed by atoms with Crippen molar-refractivity contribution in [3.05, 3.63) is 0 Å². The summed E-state index contributed by atoms with van der Waals surface area (Å²) in [5.41, 5.74) is 0. The Kier molecular flexibility index (Phi) is 6.33. The normalized spacial score (nSPS) is 16.3. The molecule has 2 amide bonds. The van der Waals surface area contributed by atoms with Crippen molar-refractivity contribution >= 4 is 52.8 Å². The Morgan fingerprint density at radius 2 is 1.40 bits per heavy atom. The molecule has 0 aliphatic carbocycles. The fraction of sp³-hybridized carbons (Fsp3) is 0.500. The number of hydrogen-bond acceptors (Lipinski definition) is 2. The average Bonchev–Trinajstić information content (AvgIpc) is 1.98. The van der Waals surface area contributed by atoms with Gasteiger partial charge < -0.3 is 0 Å². The van der Waals surface area contributed by atoms with E-state index in [1.165, 1.54) is 0 Å². The highest BCUT2D eigenvalue weighted by Gasteiger charge is 2.26. The second kappa shape index (κ2) is 4.93. The van der Waals surface area contributed by atoms with Crippen molar-refractivity contribution in [2.45, 2.75) is 12.8 Å². The zero-order valence-corrected chi connectivity index (χ0v) is 8.09. The van der Waals surface area contributed by atoms with E-state index in [2.05, 4.69) is 16.1 Å². The molecule has 0 unspecified atom stereocenters. The van der Waals surface area contributed by atoms with E-state index >= 15 is 0 Å². The second-order valence-electron chi connectivity index (χ2n) is 1.57. The summed E-state index contributed by atoms with van der Waals surface area (Å²) in [4.78, 5) is 20.9. The van der Waals surface area contributed by atoms with Crippen molar-refractivity contribution in [2.24, 2.45) is 0 Å². The molecule has 1 saturated heterocycles. The van der Waals surface area contributed by atoms with Crippen LogP contribution in [0.3, 0.4) is 0 Å². The molecule has 1 fully saturated rings. The molecule has 1 aliphatic rings. The van der Waals surface area contributed by atoms with E-state index in [1.54, 1.807) is 0 Å². The van der Waals surface area contributed by atoms with Crippen LogP contribution in [-0.4, -0.2) is 15.7 Å². The van der Waals surface area contributed by atoms with E-state index in [0.29, 0.717) is 12.8 Å². The van der Waals surface area contributed by atoms with Gasteiger partial charge in [-0.2, -0.15) is 0 Å². The van der Waals surface area contributed by atoms with Crippen molar-refractivity contribution in [1.82, 2.24) is 3.93 Å². The van der Waals surface area contributed by atoms with Gasteiger partial charge in [0.05, 0.1) is 16.1 Å². The molecule has 10 heavy (non-hydrogen) atoms. The SMILES string of the molecule is Cl.Cl.O=C1CCC(=O)N1Br. The average molecular weight is 251 g/mol. The van der Waals surface area contributed by atoms with E-state index in [9.17, 15) is 9.59 Å². The largest absolute Gasteiger partial charge is 0.274 e. The summed E-state index contributed by atoms with van der Waals surface area (Å²) in [6.07, 6.45) is 0.703. The maximum atomic E-state index is 10.4. The fourth-order valence-corrected chi connectivity index (χ4v) is 0.904. The highest BCUT2D eigenvalue weighted by Crippen LogP contribution is 2.14. The maximum Gasteiger partial charge on any atom is 0.239 e. The van der Waals surface area contributed by atoms with Gasteiger partial charge in [0.2, 0.25) is 11.8 Å². The lowest BCUT2D eigenvalue weighted by Crippen LogP contribution is -2.16. The van der Waals surface area contributed by atoms with Crippen molar-refractivity contribution in [1.29, 1.82) is 0 Å². The van der Waals surface area contributed by atoms with Gasteiger partial charge in [-0.05, 0) is 0 Å². The minimum atomic E-state index is -0.144. The summed E-state index contributed by atoms with van der Waals surface area (Å²) in [6, 6.07) is 0. The lowest BCUT2D eigenvalue weighted by molar-refractivity contribution is -0.131. The van der Waals surface area contributed by atoms with Gasteiger partial charge in [0.25, 0.3) is 0 Å². The Balaban J connectivity index is 0. The quantitative estimate of drug-likeness (QED) is 0.480. The van der Waals surface area contributed by atoms with Crippen LogP contribution in [0.5, 0.6) is 0 Å². The molecular weight excluding hydrogens is 245 g/mol. The van der Waals surface area contributed by atoms with Gasteiger partial charge >= 0.3 is 0 Å². The summed E-state index contributed by atoms with van der Waals surface area (Å²) in [6.45, 7) is 0. The van der Waals surface area contributed by atoms with Crippen LogP contribution >= 0.6 is 41.0 Å². The minimum absolute atomic E-state index is 0. The zero-order chi connectivity index (χ0) is 6.15. The van der Waals surface area contributed by atoms with E-state index in [0.717, 1.165) is 3.93 Å². The number of carbonyl (C=O) groups is 2. The summed E-state index contributed by atoms with van der Waals surface area (Å²) >= 11 is 2.80. The Labute approximate surface area is 79.3 Å². The third-order valence-corrected chi connectivity index (χ3v) is 1.78. The maximum absolute atomic E-state index is 10.4. The molecule has 3 nitrogen and oxygen atoms in total. The molecule has 0 atom stereocenters. The van der Waals surface area contributed by atoms with Crippen molar-refractivity contribution in [2.75, 3.05) is 0 Å². The molecular formula is C4H6BrCl2NO2. The fourth-order valence-electron chi connectivity index (χ4n) is 0.549. The molecule has 60 valence electrons. The van der Waals surface area contributed by atoms with Gasteiger partial charge in [-0.3, -0.25) is 9.59 Å². The van der Waals surface area contributed by atoms with E-state index in [4.69, 9.17) is 0 Å². The molecule has 0 aromatic heterocycles. The molecule has 0 radical (unpaired) electrons. The van der Waals surface area contributed by atoms with Crippen molar-refractivity contribution in [3.63, 3.8) is 0 Å². The van der Waals surface area contributed by atoms with Crippen LogP contribution in [0.1, 0.15) is 12.8 Å². The molecule has 0 bridgehead atoms. The van der Waals surface area contributed by atoms with Crippen LogP contribution in [0, 0.1) is 0 Å². The molecule has 0 aromatic carbocycles. The first-order chi connectivity index (χ1) is 3.72. The molecule has 0 spiro atoms. The Bertz CT molecular complexity index is 136. The smallest absolute Gasteiger partial charge is 0.239 e. The summed E-state index contributed by atoms with van der Waals surface area (Å²) in [7, 11) is 0. The van der Waals surface area contributed by atoms with Crippen LogP contribution in [0.4, 0.5) is 0 Å². The van der Waals surface area contributed by atoms with E-state index in [1.807, 2.05) is 0 Å². The highest BCUT2D eigenvalue weighted by molar-refractivity contribution is 9.08. The minimum Gasteiger partial charge on any atom is -0.274 e. The first-order valence-electron chi connectivity index (χ1n) is 2.23. The van der Waals surface area contributed by atoms with Gasteiger partial charge in [0.15, 0.2) is 0 Å². The third-order valence-electron chi connectivity index (χ3n) is 0.991. The lowest BCUT2D eigenvalue weighted by Gasteiger charge is -1.97. The number of amides is 2. The molecule has 1 rings (SSSR count). The zero-order valence-electron chi connectivity index (χ0n) is 4.87. The van der Waals surface area contributed by atoms with Crippen molar-refractivity contribution < 1.29 is 9.59 Å². The lowest BCUT2D eigenvalue weighted by atomic mass is 10.4. The van der Waals surface area contributed by atoms with E-state index in [-0.39, 0.29) is 36.6 Å². The summed E-state index contributed by atoms with van der Waals surface area (Å²) in [5.74, 6) is -0.287. The first-order valence-corrected chi connectivity index (χ1v) is 2.94. The van der Waals surface area contributed by atoms with Gasteiger partial charge in [-0.1, -0.05) is 0 Å². The van der Waals surface area contributed by atoms with E-state index < -0.39 is 0 Å². The monoisotopic (exact) mass is 249 g/mol. The topological polar surface area (TPSA) is 37.4 Å². The predicted molar refractivity (Wildman–Crippen MR) is 44.5 cm³/mol. The van der Waals surface area contributed by atoms with Gasteiger partial charge in [-0.25, -0.2) is 3.93 Å². The standard InChI is InChI=1S/C4H4BrNO2.2ClH/c5-6-3(7)1-2-4(6)8;;/h1-2H2;2*1H. The summed E-state index contributed by atoms with van der Waals surface area (Å²) < 4.78 is 0.979. The predicted octanol–water partition coefficient (Wildman–Crippen LogP) is 1.29. The Morgan fingerprint density at radius 3 is 1.50 bits per heavy atom. The van der Waals surface area contributed by atoms with Crippen LogP contribution in [-0.2, 0) is 9.59 Å². The Hall–Kier alpha value is 0.200. The molecule has 6 heteroatoms. The highest BCUT2D eigenvalue weighted by atomic mass is 79.9. The number of imide groups is 1. The number of carbonyl (C=O) groups excluding carboxylic acids is 2. The van der Waals surface area contributed by atoms with Crippen LogP contribution < -0.4 is 0 Å². The molecule has 0 N–H and O–H groups in total. The first kappa shape index (κ1) is 12.8.